The van der Waals surface area contributed by atoms with Crippen LogP contribution in [0, 0.1) is 17.6 Å². The quantitative estimate of drug-likeness (QED) is 0.460. The highest BCUT2D eigenvalue weighted by molar-refractivity contribution is 7.89. The average molecular weight is 470 g/mol. The number of para-hydroxylation sites is 1. The Bertz CT molecular complexity index is 1470. The molecule has 6 nitrogen and oxygen atoms in total. The monoisotopic (exact) mass is 470 g/mol. The molecule has 0 atom stereocenters. The summed E-state index contributed by atoms with van der Waals surface area (Å²) in [5.74, 6) is -2.44. The number of anilines is 1. The predicted molar refractivity (Wildman–Crippen MR) is 120 cm³/mol. The Hall–Kier alpha value is -3.30. The Kier molecular flexibility index (Phi) is 5.38. The van der Waals surface area contributed by atoms with Gasteiger partial charge < -0.3 is 9.73 Å². The molecule has 0 bridgehead atoms. The number of furan rings is 1. The number of hydrogen-bond acceptors (Lipinski definition) is 4. The van der Waals surface area contributed by atoms with E-state index >= 15 is 0 Å². The summed E-state index contributed by atoms with van der Waals surface area (Å²) < 4.78 is 59.9. The van der Waals surface area contributed by atoms with Crippen molar-refractivity contribution in [3.05, 3.63) is 72.3 Å². The molecule has 0 aliphatic carbocycles. The van der Waals surface area contributed by atoms with Crippen molar-refractivity contribution in [2.24, 2.45) is 5.92 Å². The molecule has 4 aromatic rings. The normalized spacial score (nSPS) is 15.8. The topological polar surface area (TPSA) is 79.6 Å². The van der Waals surface area contributed by atoms with E-state index in [1.54, 1.807) is 12.1 Å². The standard InChI is InChI=1S/C24H20F2N2O4S/c25-16-5-7-20(26)23(13-16)33(30,31)28-11-9-15(10-12-28)24(29)27-17-6-8-22-19(14-17)18-3-1-2-4-21(18)32-22/h1-8,13-15H,9-12H2,(H,27,29). The van der Waals surface area contributed by atoms with Crippen molar-refractivity contribution in [3.63, 3.8) is 0 Å². The number of hydrogen-bond donors (Lipinski definition) is 1. The third-order valence-electron chi connectivity index (χ3n) is 5.98. The number of nitrogens with zero attached hydrogens (tertiary/aromatic N) is 1. The minimum Gasteiger partial charge on any atom is -0.456 e. The smallest absolute Gasteiger partial charge is 0.246 e. The summed E-state index contributed by atoms with van der Waals surface area (Å²) in [7, 11) is -4.19. The van der Waals surface area contributed by atoms with E-state index in [4.69, 9.17) is 4.42 Å². The largest absolute Gasteiger partial charge is 0.456 e. The number of sulfonamides is 1. The highest BCUT2D eigenvalue weighted by Crippen LogP contribution is 2.31. The van der Waals surface area contributed by atoms with Gasteiger partial charge in [-0.2, -0.15) is 4.31 Å². The van der Waals surface area contributed by atoms with E-state index < -0.39 is 32.5 Å². The van der Waals surface area contributed by atoms with Crippen LogP contribution in [0.15, 0.2) is 70.0 Å². The zero-order valence-electron chi connectivity index (χ0n) is 17.4. The lowest BCUT2D eigenvalue weighted by molar-refractivity contribution is -0.120. The lowest BCUT2D eigenvalue weighted by atomic mass is 9.97. The van der Waals surface area contributed by atoms with Gasteiger partial charge in [0.2, 0.25) is 15.9 Å². The molecule has 33 heavy (non-hydrogen) atoms. The van der Waals surface area contributed by atoms with Crippen LogP contribution in [0.3, 0.4) is 0 Å². The van der Waals surface area contributed by atoms with Crippen LogP contribution in [0.5, 0.6) is 0 Å². The molecule has 0 unspecified atom stereocenters. The molecule has 1 amide bonds. The third kappa shape index (κ3) is 3.98. The van der Waals surface area contributed by atoms with Gasteiger partial charge >= 0.3 is 0 Å². The third-order valence-corrected chi connectivity index (χ3v) is 7.89. The van der Waals surface area contributed by atoms with Crippen LogP contribution < -0.4 is 5.32 Å². The summed E-state index contributed by atoms with van der Waals surface area (Å²) in [5.41, 5.74) is 2.10. The second-order valence-electron chi connectivity index (χ2n) is 8.05. The minimum absolute atomic E-state index is 0.0434. The Labute approximate surface area is 188 Å². The summed E-state index contributed by atoms with van der Waals surface area (Å²) in [6.45, 7) is 0.0869. The summed E-state index contributed by atoms with van der Waals surface area (Å²) in [6.07, 6.45) is 0.553. The molecule has 1 aliphatic rings. The number of carbonyl (C=O) groups is 1. The fourth-order valence-corrected chi connectivity index (χ4v) is 5.77. The van der Waals surface area contributed by atoms with Crippen molar-refractivity contribution in [2.75, 3.05) is 18.4 Å². The van der Waals surface area contributed by atoms with Gasteiger partial charge in [-0.3, -0.25) is 4.79 Å². The van der Waals surface area contributed by atoms with Crippen LogP contribution in [0.1, 0.15) is 12.8 Å². The van der Waals surface area contributed by atoms with Crippen molar-refractivity contribution in [3.8, 4) is 0 Å². The van der Waals surface area contributed by atoms with Crippen LogP contribution in [0.4, 0.5) is 14.5 Å². The van der Waals surface area contributed by atoms with Crippen molar-refractivity contribution >= 4 is 43.6 Å². The van der Waals surface area contributed by atoms with Gasteiger partial charge in [0.1, 0.15) is 27.7 Å². The van der Waals surface area contributed by atoms with Crippen LogP contribution in [0.2, 0.25) is 0 Å². The Morgan fingerprint density at radius 2 is 1.67 bits per heavy atom. The lowest BCUT2D eigenvalue weighted by Crippen LogP contribution is -2.41. The lowest BCUT2D eigenvalue weighted by Gasteiger charge is -2.30. The zero-order chi connectivity index (χ0) is 23.2. The molecular weight excluding hydrogens is 450 g/mol. The van der Waals surface area contributed by atoms with Gasteiger partial charge in [0.15, 0.2) is 0 Å². The average Bonchev–Trinajstić information content (AvgIpc) is 3.18. The number of benzene rings is 3. The van der Waals surface area contributed by atoms with E-state index in [0.717, 1.165) is 38.4 Å². The molecule has 1 N–H and O–H groups in total. The van der Waals surface area contributed by atoms with E-state index in [2.05, 4.69) is 5.32 Å². The SMILES string of the molecule is O=C(Nc1ccc2oc3ccccc3c2c1)C1CCN(S(=O)(=O)c2cc(F)ccc2F)CC1. The van der Waals surface area contributed by atoms with Crippen LogP contribution in [-0.2, 0) is 14.8 Å². The fourth-order valence-electron chi connectivity index (χ4n) is 4.22. The maximum atomic E-state index is 14.0. The molecule has 5 rings (SSSR count). The van der Waals surface area contributed by atoms with Crippen LogP contribution >= 0.6 is 0 Å². The Balaban J connectivity index is 1.28. The first-order chi connectivity index (χ1) is 15.8. The fraction of sp³-hybridized carbons (Fsp3) is 0.208. The Morgan fingerprint density at radius 1 is 0.939 bits per heavy atom. The van der Waals surface area contributed by atoms with Crippen molar-refractivity contribution in [2.45, 2.75) is 17.7 Å². The number of halogens is 2. The van der Waals surface area contributed by atoms with E-state index in [1.165, 1.54) is 0 Å². The van der Waals surface area contributed by atoms with Crippen molar-refractivity contribution in [1.82, 2.24) is 4.31 Å². The van der Waals surface area contributed by atoms with Gasteiger partial charge in [0, 0.05) is 35.5 Å². The molecule has 1 aromatic heterocycles. The molecule has 0 saturated carbocycles. The molecule has 170 valence electrons. The predicted octanol–water partition coefficient (Wildman–Crippen LogP) is 4.90. The van der Waals surface area contributed by atoms with Gasteiger partial charge in [-0.05, 0) is 55.3 Å². The number of amides is 1. The maximum Gasteiger partial charge on any atom is 0.246 e. The van der Waals surface area contributed by atoms with E-state index in [0.29, 0.717) is 11.8 Å². The minimum atomic E-state index is -4.19. The molecule has 0 spiro atoms. The molecule has 2 heterocycles. The molecule has 0 radical (unpaired) electrons. The van der Waals surface area contributed by atoms with Gasteiger partial charge in [0.25, 0.3) is 0 Å². The Morgan fingerprint density at radius 3 is 2.45 bits per heavy atom. The number of carbonyl (C=O) groups excluding carboxylic acids is 1. The highest BCUT2D eigenvalue weighted by atomic mass is 32.2. The first-order valence-electron chi connectivity index (χ1n) is 10.5. The van der Waals surface area contributed by atoms with Crippen molar-refractivity contribution in [1.29, 1.82) is 0 Å². The van der Waals surface area contributed by atoms with Gasteiger partial charge in [-0.25, -0.2) is 17.2 Å². The number of fused-ring (bicyclic) bond motifs is 3. The summed E-state index contributed by atoms with van der Waals surface area (Å²) in [4.78, 5) is 12.1. The molecule has 1 saturated heterocycles. The molecular formula is C24H20F2N2O4S. The van der Waals surface area contributed by atoms with Crippen molar-refractivity contribution < 1.29 is 26.4 Å². The number of rotatable bonds is 4. The van der Waals surface area contributed by atoms with E-state index in [-0.39, 0.29) is 31.8 Å². The molecule has 9 heteroatoms. The zero-order valence-corrected chi connectivity index (χ0v) is 18.2. The molecule has 1 fully saturated rings. The second kappa shape index (κ2) is 8.24. The van der Waals surface area contributed by atoms with Gasteiger partial charge in [0.05, 0.1) is 0 Å². The van der Waals surface area contributed by atoms with Gasteiger partial charge in [-0.1, -0.05) is 18.2 Å². The number of nitrogens with one attached hydrogen (secondary N) is 1. The molecule has 1 aliphatic heterocycles. The van der Waals surface area contributed by atoms with Gasteiger partial charge in [-0.15, -0.1) is 0 Å². The molecule has 3 aromatic carbocycles. The summed E-state index contributed by atoms with van der Waals surface area (Å²) in [5, 5.41) is 4.74. The number of piperidine rings is 1. The van der Waals surface area contributed by atoms with Crippen LogP contribution in [0.25, 0.3) is 21.9 Å². The first-order valence-corrected chi connectivity index (χ1v) is 11.9. The second-order valence-corrected chi connectivity index (χ2v) is 9.96. The first kappa shape index (κ1) is 21.5. The van der Waals surface area contributed by atoms with Crippen LogP contribution in [-0.4, -0.2) is 31.7 Å². The van der Waals surface area contributed by atoms with E-state index in [9.17, 15) is 22.0 Å². The van der Waals surface area contributed by atoms with E-state index in [1.807, 2.05) is 30.3 Å². The summed E-state index contributed by atoms with van der Waals surface area (Å²) in [6, 6.07) is 15.4. The maximum absolute atomic E-state index is 14.0. The highest BCUT2D eigenvalue weighted by Gasteiger charge is 2.33. The summed E-state index contributed by atoms with van der Waals surface area (Å²) >= 11 is 0.